The number of rotatable bonds is 5. The molecule has 0 radical (unpaired) electrons. The van der Waals surface area contributed by atoms with Gasteiger partial charge in [0.2, 0.25) is 0 Å². The molecule has 0 saturated heterocycles. The summed E-state index contributed by atoms with van der Waals surface area (Å²) < 4.78 is 61.5. The quantitative estimate of drug-likeness (QED) is 0.353. The predicted molar refractivity (Wildman–Crippen MR) is 116 cm³/mol. The molecule has 0 aliphatic rings. The van der Waals surface area contributed by atoms with Crippen LogP contribution in [0.4, 0.5) is 23.2 Å². The number of hydrogen-bond acceptors (Lipinski definition) is 3. The Hall–Kier alpha value is -3.68. The maximum Gasteiger partial charge on any atom is 0.326 e. The zero-order valence-electron chi connectivity index (χ0n) is 18.2. The minimum atomic E-state index is -1.12. The zero-order chi connectivity index (χ0) is 24.3. The second kappa shape index (κ2) is 9.44. The van der Waals surface area contributed by atoms with E-state index in [2.05, 4.69) is 0 Å². The largest absolute Gasteiger partial charge is 0.459 e. The van der Waals surface area contributed by atoms with Crippen LogP contribution in [0, 0.1) is 23.3 Å². The fourth-order valence-corrected chi connectivity index (χ4v) is 3.19. The molecule has 3 aromatic rings. The molecule has 3 rings (SSSR count). The minimum absolute atomic E-state index is 0.0417. The van der Waals surface area contributed by atoms with Gasteiger partial charge in [0.15, 0.2) is 0 Å². The average Bonchev–Trinajstić information content (AvgIpc) is 2.70. The van der Waals surface area contributed by atoms with E-state index in [0.717, 1.165) is 29.2 Å². The lowest BCUT2D eigenvalue weighted by Crippen LogP contribution is -2.39. The molecule has 0 unspecified atom stereocenters. The van der Waals surface area contributed by atoms with Crippen LogP contribution in [-0.2, 0) is 9.53 Å². The molecule has 0 aliphatic heterocycles. The average molecular weight is 459 g/mol. The molecule has 3 aromatic carbocycles. The van der Waals surface area contributed by atoms with Gasteiger partial charge in [0.05, 0.1) is 0 Å². The van der Waals surface area contributed by atoms with Crippen molar-refractivity contribution >= 4 is 17.6 Å². The molecule has 0 bridgehead atoms. The number of carbonyl (C=O) groups excluding carboxylic acids is 2. The van der Waals surface area contributed by atoms with Crippen LogP contribution < -0.4 is 4.90 Å². The second-order valence-corrected chi connectivity index (χ2v) is 8.25. The molecule has 33 heavy (non-hydrogen) atoms. The van der Waals surface area contributed by atoms with Gasteiger partial charge in [0.1, 0.15) is 41.0 Å². The van der Waals surface area contributed by atoms with Crippen LogP contribution in [0.15, 0.2) is 60.7 Å². The Balaban J connectivity index is 2.07. The van der Waals surface area contributed by atoms with E-state index in [4.69, 9.17) is 4.74 Å². The summed E-state index contributed by atoms with van der Waals surface area (Å²) in [6.45, 7) is 4.24. The molecule has 172 valence electrons. The third-order valence-corrected chi connectivity index (χ3v) is 4.53. The number of anilines is 1. The van der Waals surface area contributed by atoms with Crippen LogP contribution in [0.2, 0.25) is 0 Å². The van der Waals surface area contributed by atoms with Gasteiger partial charge < -0.3 is 4.74 Å². The number of carbonyl (C=O) groups is 2. The number of ether oxygens (including phenoxy) is 1. The van der Waals surface area contributed by atoms with Gasteiger partial charge in [-0.2, -0.15) is 0 Å². The summed E-state index contributed by atoms with van der Waals surface area (Å²) in [4.78, 5) is 26.5. The number of benzene rings is 3. The highest BCUT2D eigenvalue weighted by Gasteiger charge is 2.28. The Morgan fingerprint density at radius 1 is 0.848 bits per heavy atom. The smallest absolute Gasteiger partial charge is 0.326 e. The van der Waals surface area contributed by atoms with E-state index in [1.165, 1.54) is 30.3 Å². The molecule has 0 atom stereocenters. The number of halogens is 4. The van der Waals surface area contributed by atoms with Gasteiger partial charge in [-0.15, -0.1) is 0 Å². The van der Waals surface area contributed by atoms with Crippen LogP contribution in [0.1, 0.15) is 31.1 Å². The summed E-state index contributed by atoms with van der Waals surface area (Å²) in [7, 11) is 0. The Kier molecular flexibility index (Phi) is 6.86. The van der Waals surface area contributed by atoms with Gasteiger partial charge in [-0.3, -0.25) is 14.5 Å². The lowest BCUT2D eigenvalue weighted by atomic mass is 10.0. The van der Waals surface area contributed by atoms with Gasteiger partial charge in [0.25, 0.3) is 5.91 Å². The van der Waals surface area contributed by atoms with Crippen LogP contribution in [0.5, 0.6) is 0 Å². The van der Waals surface area contributed by atoms with Crippen LogP contribution in [-0.4, -0.2) is 24.0 Å². The molecule has 0 heterocycles. The van der Waals surface area contributed by atoms with Gasteiger partial charge in [-0.25, -0.2) is 17.6 Å². The Morgan fingerprint density at radius 2 is 1.48 bits per heavy atom. The van der Waals surface area contributed by atoms with Crippen molar-refractivity contribution in [3.63, 3.8) is 0 Å². The number of hydrogen-bond donors (Lipinski definition) is 0. The van der Waals surface area contributed by atoms with Crippen molar-refractivity contribution in [3.8, 4) is 11.1 Å². The minimum Gasteiger partial charge on any atom is -0.459 e. The topological polar surface area (TPSA) is 46.6 Å². The Bertz CT molecular complexity index is 1180. The first kappa shape index (κ1) is 24.0. The van der Waals surface area contributed by atoms with Gasteiger partial charge in [-0.05, 0) is 62.7 Å². The molecule has 8 heteroatoms. The third kappa shape index (κ3) is 5.77. The van der Waals surface area contributed by atoms with Crippen LogP contribution >= 0.6 is 0 Å². The Labute approximate surface area is 188 Å². The van der Waals surface area contributed by atoms with E-state index in [1.54, 1.807) is 20.8 Å². The summed E-state index contributed by atoms with van der Waals surface area (Å²) in [5.74, 6) is -5.73. The molecular weight excluding hydrogens is 438 g/mol. The summed E-state index contributed by atoms with van der Waals surface area (Å²) in [6, 6.07) is 11.7. The Morgan fingerprint density at radius 3 is 2.09 bits per heavy atom. The fraction of sp³-hybridized carbons (Fsp3) is 0.200. The van der Waals surface area contributed by atoms with Crippen LogP contribution in [0.25, 0.3) is 11.1 Å². The van der Waals surface area contributed by atoms with Crippen molar-refractivity contribution in [2.24, 2.45) is 0 Å². The lowest BCUT2D eigenvalue weighted by molar-refractivity contribution is -0.152. The first-order chi connectivity index (χ1) is 15.5. The van der Waals surface area contributed by atoms with Crippen molar-refractivity contribution in [2.45, 2.75) is 26.4 Å². The van der Waals surface area contributed by atoms with E-state index in [9.17, 15) is 27.2 Å². The van der Waals surface area contributed by atoms with Crippen molar-refractivity contribution in [1.29, 1.82) is 0 Å². The highest BCUT2D eigenvalue weighted by Crippen LogP contribution is 2.29. The molecule has 0 fully saturated rings. The highest BCUT2D eigenvalue weighted by molar-refractivity contribution is 6.09. The normalized spacial score (nSPS) is 11.2. The van der Waals surface area contributed by atoms with Crippen LogP contribution in [0.3, 0.4) is 0 Å². The number of esters is 1. The van der Waals surface area contributed by atoms with Gasteiger partial charge in [0, 0.05) is 17.3 Å². The van der Waals surface area contributed by atoms with Gasteiger partial charge in [-0.1, -0.05) is 18.2 Å². The second-order valence-electron chi connectivity index (χ2n) is 8.25. The van der Waals surface area contributed by atoms with Crippen molar-refractivity contribution in [2.75, 3.05) is 11.4 Å². The summed E-state index contributed by atoms with van der Waals surface area (Å²) in [5, 5.41) is 0. The highest BCUT2D eigenvalue weighted by atomic mass is 19.1. The summed E-state index contributed by atoms with van der Waals surface area (Å²) >= 11 is 0. The van der Waals surface area contributed by atoms with E-state index in [0.29, 0.717) is 6.07 Å². The summed E-state index contributed by atoms with van der Waals surface area (Å²) in [6.07, 6.45) is 0. The number of amides is 1. The monoisotopic (exact) mass is 459 g/mol. The molecule has 0 aliphatic carbocycles. The van der Waals surface area contributed by atoms with E-state index >= 15 is 0 Å². The molecule has 0 spiro atoms. The first-order valence-electron chi connectivity index (χ1n) is 9.99. The maximum atomic E-state index is 14.3. The van der Waals surface area contributed by atoms with Crippen molar-refractivity contribution < 1.29 is 31.9 Å². The lowest BCUT2D eigenvalue weighted by Gasteiger charge is -2.26. The molecular formula is C25H21F4NO3. The van der Waals surface area contributed by atoms with E-state index in [1.807, 2.05) is 0 Å². The number of nitrogens with zero attached hydrogens (tertiary/aromatic N) is 1. The molecule has 0 N–H and O–H groups in total. The first-order valence-corrected chi connectivity index (χ1v) is 9.99. The summed E-state index contributed by atoms with van der Waals surface area (Å²) in [5.41, 5.74) is -1.34. The molecule has 0 saturated carbocycles. The molecule has 1 amide bonds. The van der Waals surface area contributed by atoms with Gasteiger partial charge >= 0.3 is 5.97 Å². The zero-order valence-corrected chi connectivity index (χ0v) is 18.2. The maximum absolute atomic E-state index is 14.3. The van der Waals surface area contributed by atoms with E-state index in [-0.39, 0.29) is 16.8 Å². The third-order valence-electron chi connectivity index (χ3n) is 4.53. The van der Waals surface area contributed by atoms with Crippen molar-refractivity contribution in [3.05, 3.63) is 89.5 Å². The SMILES string of the molecule is CC(C)(C)OC(=O)CN(C(=O)c1c(F)cccc1F)c1cccc(-c2ccc(F)cc2F)c1. The van der Waals surface area contributed by atoms with Crippen molar-refractivity contribution in [1.82, 2.24) is 0 Å². The molecule has 4 nitrogen and oxygen atoms in total. The van der Waals surface area contributed by atoms with E-state index < -0.39 is 52.9 Å². The predicted octanol–water partition coefficient (Wildman–Crippen LogP) is 5.90. The molecule has 0 aromatic heterocycles. The fourth-order valence-electron chi connectivity index (χ4n) is 3.19. The standard InChI is InChI=1S/C25H21F4NO3/c1-25(2,3)33-22(31)14-30(24(32)23-19(27)8-5-9-20(23)28)17-7-4-6-15(12-17)18-11-10-16(26)13-21(18)29/h4-13H,14H2,1-3H3.